The van der Waals surface area contributed by atoms with Crippen molar-refractivity contribution in [3.05, 3.63) is 0 Å². The number of carboxylic acid groups (broad SMARTS) is 1. The molecule has 104 valence electrons. The van der Waals surface area contributed by atoms with Gasteiger partial charge >= 0.3 is 5.97 Å². The van der Waals surface area contributed by atoms with Gasteiger partial charge in [-0.3, -0.25) is 9.59 Å². The minimum atomic E-state index is -0.969. The monoisotopic (exact) mass is 276 g/mol. The largest absolute Gasteiger partial charge is 0.480 e. The van der Waals surface area contributed by atoms with Crippen LogP contribution in [0.25, 0.3) is 0 Å². The number of carboxylic acids is 1. The maximum absolute atomic E-state index is 11.6. The lowest BCUT2D eigenvalue weighted by Crippen LogP contribution is -2.52. The van der Waals surface area contributed by atoms with Gasteiger partial charge in [-0.2, -0.15) is 0 Å². The molecule has 0 radical (unpaired) electrons. The number of nitrogens with two attached hydrogens (primary N) is 1. The number of carbonyl (C=O) groups is 2. The lowest BCUT2D eigenvalue weighted by molar-refractivity contribution is -0.140. The minimum Gasteiger partial charge on any atom is -0.480 e. The van der Waals surface area contributed by atoms with Crippen LogP contribution < -0.4 is 11.1 Å². The first-order chi connectivity index (χ1) is 8.08. The molecule has 1 saturated carbocycles. The van der Waals surface area contributed by atoms with Crippen LogP contribution in [0.5, 0.6) is 0 Å². The molecule has 1 aliphatic heterocycles. The van der Waals surface area contributed by atoms with Crippen molar-refractivity contribution in [1.82, 2.24) is 5.32 Å². The van der Waals surface area contributed by atoms with Crippen LogP contribution >= 0.6 is 12.4 Å². The van der Waals surface area contributed by atoms with Gasteiger partial charge < -0.3 is 16.2 Å². The second kappa shape index (κ2) is 6.38. The summed E-state index contributed by atoms with van der Waals surface area (Å²) in [5.41, 5.74) is 5.58. The van der Waals surface area contributed by atoms with E-state index in [-0.39, 0.29) is 30.3 Å². The number of halogens is 1. The van der Waals surface area contributed by atoms with Crippen LogP contribution in [0.4, 0.5) is 0 Å². The average molecular weight is 277 g/mol. The van der Waals surface area contributed by atoms with Crippen LogP contribution in [0.1, 0.15) is 38.5 Å². The lowest BCUT2D eigenvalue weighted by atomic mass is 9.70. The molecule has 2 rings (SSSR count). The summed E-state index contributed by atoms with van der Waals surface area (Å²) in [6.45, 7) is 0. The molecule has 6 heteroatoms. The van der Waals surface area contributed by atoms with Gasteiger partial charge in [0.05, 0.1) is 0 Å². The van der Waals surface area contributed by atoms with Gasteiger partial charge in [-0.25, -0.2) is 0 Å². The van der Waals surface area contributed by atoms with Crippen molar-refractivity contribution in [2.24, 2.45) is 17.6 Å². The molecule has 4 unspecified atom stereocenters. The second-order valence-electron chi connectivity index (χ2n) is 5.27. The van der Waals surface area contributed by atoms with Crippen LogP contribution in [0.15, 0.2) is 0 Å². The Morgan fingerprint density at radius 3 is 2.78 bits per heavy atom. The molecule has 2 fully saturated rings. The highest BCUT2D eigenvalue weighted by Gasteiger charge is 2.39. The highest BCUT2D eigenvalue weighted by molar-refractivity contribution is 5.85. The molecule has 1 amide bonds. The van der Waals surface area contributed by atoms with Crippen molar-refractivity contribution >= 4 is 24.3 Å². The van der Waals surface area contributed by atoms with Gasteiger partial charge in [-0.1, -0.05) is 12.8 Å². The van der Waals surface area contributed by atoms with E-state index >= 15 is 0 Å². The summed E-state index contributed by atoms with van der Waals surface area (Å²) < 4.78 is 0. The summed E-state index contributed by atoms with van der Waals surface area (Å²) >= 11 is 0. The zero-order valence-electron chi connectivity index (χ0n) is 10.3. The molecule has 4 N–H and O–H groups in total. The van der Waals surface area contributed by atoms with Gasteiger partial charge in [-0.15, -0.1) is 12.4 Å². The maximum Gasteiger partial charge on any atom is 0.320 e. The number of aliphatic carboxylic acids is 1. The molecule has 0 aromatic heterocycles. The molecule has 2 aliphatic rings. The number of amides is 1. The first-order valence-corrected chi connectivity index (χ1v) is 6.35. The Balaban J connectivity index is 0.00000162. The van der Waals surface area contributed by atoms with E-state index < -0.39 is 12.0 Å². The van der Waals surface area contributed by atoms with Gasteiger partial charge in [0.1, 0.15) is 6.04 Å². The van der Waals surface area contributed by atoms with Gasteiger partial charge in [0, 0.05) is 12.5 Å². The molecule has 0 spiro atoms. The fourth-order valence-corrected chi connectivity index (χ4v) is 3.24. The Hall–Kier alpha value is -0.810. The summed E-state index contributed by atoms with van der Waals surface area (Å²) in [4.78, 5) is 22.4. The summed E-state index contributed by atoms with van der Waals surface area (Å²) in [5, 5.41) is 11.9. The smallest absolute Gasteiger partial charge is 0.320 e. The van der Waals surface area contributed by atoms with Crippen LogP contribution in [-0.2, 0) is 9.59 Å². The van der Waals surface area contributed by atoms with Crippen LogP contribution in [-0.4, -0.2) is 29.1 Å². The number of hydrogen-bond donors (Lipinski definition) is 3. The number of hydrogen-bond acceptors (Lipinski definition) is 3. The fourth-order valence-electron chi connectivity index (χ4n) is 3.24. The Labute approximate surface area is 113 Å². The van der Waals surface area contributed by atoms with E-state index in [0.717, 1.165) is 19.3 Å². The number of carbonyl (C=O) groups excluding carboxylic acids is 1. The molecule has 4 atom stereocenters. The Kier molecular flexibility index (Phi) is 5.41. The van der Waals surface area contributed by atoms with Crippen LogP contribution in [0.3, 0.4) is 0 Å². The van der Waals surface area contributed by atoms with E-state index in [9.17, 15) is 9.59 Å². The molecular weight excluding hydrogens is 256 g/mol. The molecule has 5 nitrogen and oxygen atoms in total. The minimum absolute atomic E-state index is 0. The van der Waals surface area contributed by atoms with E-state index in [2.05, 4.69) is 5.32 Å². The Morgan fingerprint density at radius 2 is 2.11 bits per heavy atom. The molecule has 0 bridgehead atoms. The third-order valence-corrected chi connectivity index (χ3v) is 4.09. The van der Waals surface area contributed by atoms with Gasteiger partial charge in [0.25, 0.3) is 0 Å². The maximum atomic E-state index is 11.6. The molecule has 0 aromatic rings. The van der Waals surface area contributed by atoms with Crippen molar-refractivity contribution in [3.63, 3.8) is 0 Å². The van der Waals surface area contributed by atoms with Gasteiger partial charge in [0.15, 0.2) is 0 Å². The van der Waals surface area contributed by atoms with Crippen LogP contribution in [0, 0.1) is 11.8 Å². The van der Waals surface area contributed by atoms with Crippen molar-refractivity contribution in [3.8, 4) is 0 Å². The summed E-state index contributed by atoms with van der Waals surface area (Å²) in [6.07, 6.45) is 5.29. The molecule has 0 aromatic carbocycles. The highest BCUT2D eigenvalue weighted by atomic mass is 35.5. The number of nitrogens with one attached hydrogen (secondary N) is 1. The van der Waals surface area contributed by atoms with E-state index in [1.165, 1.54) is 6.42 Å². The topological polar surface area (TPSA) is 92.4 Å². The van der Waals surface area contributed by atoms with Crippen molar-refractivity contribution < 1.29 is 14.7 Å². The van der Waals surface area contributed by atoms with Crippen LogP contribution in [0.2, 0.25) is 0 Å². The first-order valence-electron chi connectivity index (χ1n) is 6.35. The Morgan fingerprint density at radius 1 is 1.44 bits per heavy atom. The predicted molar refractivity (Wildman–Crippen MR) is 69.5 cm³/mol. The predicted octanol–water partition coefficient (Wildman–Crippen LogP) is 0.905. The van der Waals surface area contributed by atoms with E-state index in [1.807, 2.05) is 0 Å². The zero-order chi connectivity index (χ0) is 12.4. The lowest BCUT2D eigenvalue weighted by Gasteiger charge is -2.42. The van der Waals surface area contributed by atoms with Gasteiger partial charge in [-0.05, 0) is 31.1 Å². The fraction of sp³-hybridized carbons (Fsp3) is 0.833. The van der Waals surface area contributed by atoms with E-state index in [0.29, 0.717) is 18.8 Å². The zero-order valence-corrected chi connectivity index (χ0v) is 11.1. The number of fused-ring (bicyclic) bond motifs is 1. The van der Waals surface area contributed by atoms with Gasteiger partial charge in [0.2, 0.25) is 5.91 Å². The molecule has 1 saturated heterocycles. The summed E-state index contributed by atoms with van der Waals surface area (Å²) in [5.74, 6) is -0.355. The van der Waals surface area contributed by atoms with Crippen molar-refractivity contribution in [1.29, 1.82) is 0 Å². The highest BCUT2D eigenvalue weighted by Crippen LogP contribution is 2.37. The van der Waals surface area contributed by atoms with Crippen molar-refractivity contribution in [2.45, 2.75) is 50.6 Å². The molecule has 1 heterocycles. The summed E-state index contributed by atoms with van der Waals surface area (Å²) in [7, 11) is 0. The van der Waals surface area contributed by atoms with E-state index in [4.69, 9.17) is 10.8 Å². The Bertz CT molecular complexity index is 324. The normalized spacial score (nSPS) is 32.7. The molecular formula is C12H21ClN2O3. The average Bonchev–Trinajstić information content (AvgIpc) is 2.28. The van der Waals surface area contributed by atoms with Crippen molar-refractivity contribution in [2.75, 3.05) is 0 Å². The first kappa shape index (κ1) is 15.2. The third-order valence-electron chi connectivity index (χ3n) is 4.09. The quantitative estimate of drug-likeness (QED) is 0.714. The number of piperidine rings is 1. The third kappa shape index (κ3) is 3.36. The van der Waals surface area contributed by atoms with E-state index in [1.54, 1.807) is 0 Å². The molecule has 1 aliphatic carbocycles. The standard InChI is InChI=1S/C12H20N2O3.ClH/c13-9(12(16)17)5-7-6-11(15)14-10-4-2-1-3-8(7)10;/h7-10H,1-6,13H2,(H,14,15)(H,16,17);1H. The number of rotatable bonds is 3. The summed E-state index contributed by atoms with van der Waals surface area (Å²) in [6, 6.07) is -0.593. The SMILES string of the molecule is Cl.NC(CC1CC(=O)NC2CCCCC12)C(=O)O. The molecule has 18 heavy (non-hydrogen) atoms. The second-order valence-corrected chi connectivity index (χ2v) is 5.27.